The largest absolute Gasteiger partial charge is 0.497 e. The van der Waals surface area contributed by atoms with E-state index in [0.29, 0.717) is 30.9 Å². The first-order valence-electron chi connectivity index (χ1n) is 11.9. The lowest BCUT2D eigenvalue weighted by Crippen LogP contribution is -2.41. The molecule has 3 aromatic carbocycles. The monoisotopic (exact) mass is 473 g/mol. The number of hydrogen-bond acceptors (Lipinski definition) is 4. The Bertz CT molecular complexity index is 1150. The van der Waals surface area contributed by atoms with Crippen molar-refractivity contribution in [2.75, 3.05) is 37.4 Å². The first-order valence-corrected chi connectivity index (χ1v) is 11.9. The zero-order chi connectivity index (χ0) is 24.6. The Kier molecular flexibility index (Phi) is 7.88. The van der Waals surface area contributed by atoms with Crippen molar-refractivity contribution >= 4 is 23.3 Å². The molecule has 7 heteroatoms. The minimum atomic E-state index is -0.169. The van der Waals surface area contributed by atoms with E-state index in [-0.39, 0.29) is 17.9 Å². The maximum absolute atomic E-state index is 12.9. The number of benzene rings is 3. The third-order valence-corrected chi connectivity index (χ3v) is 6.09. The molecule has 0 aliphatic carbocycles. The van der Waals surface area contributed by atoms with Crippen LogP contribution >= 0.6 is 0 Å². The molecule has 1 aliphatic rings. The molecule has 182 valence electrons. The van der Waals surface area contributed by atoms with E-state index in [0.717, 1.165) is 35.6 Å². The molecule has 1 aliphatic heterocycles. The van der Waals surface area contributed by atoms with Gasteiger partial charge in [0.25, 0.3) is 5.91 Å². The van der Waals surface area contributed by atoms with Crippen LogP contribution in [0.4, 0.5) is 16.2 Å². The second-order valence-electron chi connectivity index (χ2n) is 8.48. The predicted octanol–water partition coefficient (Wildman–Crippen LogP) is 5.76. The van der Waals surface area contributed by atoms with E-state index in [9.17, 15) is 9.59 Å². The molecule has 0 radical (unpaired) electrons. The lowest BCUT2D eigenvalue weighted by Gasteiger charge is -2.33. The summed E-state index contributed by atoms with van der Waals surface area (Å²) in [6.45, 7) is 3.85. The smallest absolute Gasteiger partial charge is 0.321 e. The van der Waals surface area contributed by atoms with Gasteiger partial charge >= 0.3 is 6.03 Å². The lowest BCUT2D eigenvalue weighted by molar-refractivity contribution is 0.102. The number of rotatable bonds is 7. The van der Waals surface area contributed by atoms with Gasteiger partial charge in [-0.2, -0.15) is 0 Å². The first-order chi connectivity index (χ1) is 17.1. The van der Waals surface area contributed by atoms with Gasteiger partial charge in [-0.1, -0.05) is 12.1 Å². The van der Waals surface area contributed by atoms with Crippen molar-refractivity contribution in [2.24, 2.45) is 0 Å². The van der Waals surface area contributed by atoms with E-state index < -0.39 is 0 Å². The fourth-order valence-electron chi connectivity index (χ4n) is 4.25. The van der Waals surface area contributed by atoms with Gasteiger partial charge in [0.2, 0.25) is 0 Å². The molecule has 0 saturated carbocycles. The van der Waals surface area contributed by atoms with Gasteiger partial charge in [-0.3, -0.25) is 4.79 Å². The topological polar surface area (TPSA) is 79.9 Å². The first kappa shape index (κ1) is 24.1. The van der Waals surface area contributed by atoms with Gasteiger partial charge in [-0.05, 0) is 86.0 Å². The number of carbonyl (C=O) groups excluding carboxylic acids is 2. The number of likely N-dealkylation sites (tertiary alicyclic amines) is 1. The highest BCUT2D eigenvalue weighted by molar-refractivity contribution is 6.04. The molecule has 0 aromatic heterocycles. The molecule has 1 saturated heterocycles. The number of carbonyl (C=O) groups is 2. The van der Waals surface area contributed by atoms with Crippen LogP contribution in [0.25, 0.3) is 0 Å². The second kappa shape index (κ2) is 11.4. The fourth-order valence-corrected chi connectivity index (χ4v) is 4.25. The molecule has 2 N–H and O–H groups in total. The van der Waals surface area contributed by atoms with Crippen LogP contribution in [-0.2, 0) is 0 Å². The lowest BCUT2D eigenvalue weighted by atomic mass is 9.89. The number of hydrogen-bond donors (Lipinski definition) is 2. The van der Waals surface area contributed by atoms with Gasteiger partial charge in [0.15, 0.2) is 0 Å². The van der Waals surface area contributed by atoms with E-state index in [1.165, 1.54) is 0 Å². The summed E-state index contributed by atoms with van der Waals surface area (Å²) < 4.78 is 10.6. The molecule has 4 rings (SSSR count). The number of methoxy groups -OCH3 is 1. The van der Waals surface area contributed by atoms with Crippen LogP contribution in [0.1, 0.15) is 41.6 Å². The number of piperidine rings is 1. The summed E-state index contributed by atoms with van der Waals surface area (Å²) in [6, 6.07) is 22.2. The maximum Gasteiger partial charge on any atom is 0.321 e. The zero-order valence-corrected chi connectivity index (χ0v) is 20.1. The van der Waals surface area contributed by atoms with Gasteiger partial charge in [-0.25, -0.2) is 4.79 Å². The van der Waals surface area contributed by atoms with Crippen molar-refractivity contribution in [3.8, 4) is 11.5 Å². The number of nitrogens with one attached hydrogen (secondary N) is 2. The molecule has 0 bridgehead atoms. The third-order valence-electron chi connectivity index (χ3n) is 6.09. The van der Waals surface area contributed by atoms with Crippen LogP contribution in [-0.4, -0.2) is 43.6 Å². The Labute approximate surface area is 206 Å². The molecule has 35 heavy (non-hydrogen) atoms. The van der Waals surface area contributed by atoms with Crippen molar-refractivity contribution < 1.29 is 19.1 Å². The van der Waals surface area contributed by atoms with Crippen molar-refractivity contribution in [3.63, 3.8) is 0 Å². The number of amides is 3. The molecular formula is C28H31N3O4. The standard InChI is InChI=1S/C28H31N3O4/c1-3-35-26-15-11-24(12-16-26)30-28(33)31-17-5-8-22(19-31)20-6-4-7-21(18-20)27(32)29-23-9-13-25(34-2)14-10-23/h4,6-7,9-16,18,22H,3,5,8,17,19H2,1-2H3,(H,29,32)(H,30,33). The quantitative estimate of drug-likeness (QED) is 0.457. The predicted molar refractivity (Wildman–Crippen MR) is 138 cm³/mol. The summed E-state index contributed by atoms with van der Waals surface area (Å²) in [4.78, 5) is 27.6. The summed E-state index contributed by atoms with van der Waals surface area (Å²) in [5.41, 5.74) is 3.09. The van der Waals surface area contributed by atoms with Crippen molar-refractivity contribution in [3.05, 3.63) is 83.9 Å². The normalized spacial score (nSPS) is 15.3. The highest BCUT2D eigenvalue weighted by atomic mass is 16.5. The van der Waals surface area contributed by atoms with Crippen LogP contribution in [0.15, 0.2) is 72.8 Å². The van der Waals surface area contributed by atoms with Crippen LogP contribution in [0.2, 0.25) is 0 Å². The summed E-state index contributed by atoms with van der Waals surface area (Å²) in [5, 5.41) is 5.90. The molecular weight excluding hydrogens is 442 g/mol. The highest BCUT2D eigenvalue weighted by Crippen LogP contribution is 2.28. The minimum absolute atomic E-state index is 0.118. The average molecular weight is 474 g/mol. The van der Waals surface area contributed by atoms with E-state index >= 15 is 0 Å². The Morgan fingerprint density at radius 3 is 2.31 bits per heavy atom. The summed E-state index contributed by atoms with van der Waals surface area (Å²) in [5.74, 6) is 1.51. The van der Waals surface area contributed by atoms with Crippen molar-refractivity contribution in [2.45, 2.75) is 25.7 Å². The Hall–Kier alpha value is -4.00. The minimum Gasteiger partial charge on any atom is -0.497 e. The molecule has 0 spiro atoms. The third kappa shape index (κ3) is 6.32. The number of urea groups is 1. The molecule has 1 heterocycles. The Morgan fingerprint density at radius 2 is 1.63 bits per heavy atom. The van der Waals surface area contributed by atoms with Crippen LogP contribution < -0.4 is 20.1 Å². The molecule has 1 fully saturated rings. The maximum atomic E-state index is 12.9. The van der Waals surface area contributed by atoms with Gasteiger partial charge in [-0.15, -0.1) is 0 Å². The summed E-state index contributed by atoms with van der Waals surface area (Å²) in [7, 11) is 1.61. The van der Waals surface area contributed by atoms with Gasteiger partial charge < -0.3 is 25.0 Å². The Morgan fingerprint density at radius 1 is 0.943 bits per heavy atom. The fraction of sp³-hybridized carbons (Fsp3) is 0.286. The highest BCUT2D eigenvalue weighted by Gasteiger charge is 2.25. The summed E-state index contributed by atoms with van der Waals surface area (Å²) >= 11 is 0. The second-order valence-corrected chi connectivity index (χ2v) is 8.48. The van der Waals surface area contributed by atoms with E-state index in [4.69, 9.17) is 9.47 Å². The van der Waals surface area contributed by atoms with Crippen LogP contribution in [0.5, 0.6) is 11.5 Å². The van der Waals surface area contributed by atoms with Gasteiger partial charge in [0.1, 0.15) is 11.5 Å². The van der Waals surface area contributed by atoms with E-state index in [1.807, 2.05) is 72.5 Å². The van der Waals surface area contributed by atoms with E-state index in [1.54, 1.807) is 19.2 Å². The van der Waals surface area contributed by atoms with Gasteiger partial charge in [0, 0.05) is 35.9 Å². The molecule has 7 nitrogen and oxygen atoms in total. The van der Waals surface area contributed by atoms with Crippen molar-refractivity contribution in [1.82, 2.24) is 4.90 Å². The SMILES string of the molecule is CCOc1ccc(NC(=O)N2CCCC(c3cccc(C(=O)Nc4ccc(OC)cc4)c3)C2)cc1. The molecule has 3 amide bonds. The van der Waals surface area contributed by atoms with Crippen molar-refractivity contribution in [1.29, 1.82) is 0 Å². The number of ether oxygens (including phenoxy) is 2. The van der Waals surface area contributed by atoms with Gasteiger partial charge in [0.05, 0.1) is 13.7 Å². The van der Waals surface area contributed by atoms with Crippen LogP contribution in [0, 0.1) is 0 Å². The number of anilines is 2. The van der Waals surface area contributed by atoms with E-state index in [2.05, 4.69) is 10.6 Å². The molecule has 1 unspecified atom stereocenters. The van der Waals surface area contributed by atoms with Crippen LogP contribution in [0.3, 0.4) is 0 Å². The average Bonchev–Trinajstić information content (AvgIpc) is 2.90. The molecule has 1 atom stereocenters. The summed E-state index contributed by atoms with van der Waals surface area (Å²) in [6.07, 6.45) is 1.88. The number of nitrogens with zero attached hydrogens (tertiary/aromatic N) is 1. The Balaban J connectivity index is 1.38. The zero-order valence-electron chi connectivity index (χ0n) is 20.1. The molecule has 3 aromatic rings.